The molecular weight excluding hydrogens is 408 g/mol. The van der Waals surface area contributed by atoms with Gasteiger partial charge in [-0.15, -0.1) is 0 Å². The van der Waals surface area contributed by atoms with E-state index in [1.54, 1.807) is 11.1 Å². The van der Waals surface area contributed by atoms with Gasteiger partial charge in [0, 0.05) is 30.5 Å². The summed E-state index contributed by atoms with van der Waals surface area (Å²) in [5.41, 5.74) is 3.70. The summed E-state index contributed by atoms with van der Waals surface area (Å²) in [6.45, 7) is 6.25. The number of nitrogens with zero attached hydrogens (tertiary/aromatic N) is 3. The monoisotopic (exact) mass is 434 g/mol. The molecule has 31 heavy (non-hydrogen) atoms. The molecule has 160 valence electrons. The van der Waals surface area contributed by atoms with Gasteiger partial charge in [-0.05, 0) is 42.7 Å². The predicted molar refractivity (Wildman–Crippen MR) is 125 cm³/mol. The highest BCUT2D eigenvalue weighted by Crippen LogP contribution is 2.32. The lowest BCUT2D eigenvalue weighted by molar-refractivity contribution is -0.117. The molecule has 0 fully saturated rings. The maximum Gasteiger partial charge on any atom is 0.237 e. The first-order valence-electron chi connectivity index (χ1n) is 10.4. The van der Waals surface area contributed by atoms with Gasteiger partial charge in [0.1, 0.15) is 0 Å². The molecule has 1 atom stereocenters. The van der Waals surface area contributed by atoms with Gasteiger partial charge < -0.3 is 10.2 Å². The number of carbonyl (C=O) groups excluding carboxylic acids is 2. The SMILES string of the molecule is CC(C)c1ccc(-n2ccnc2SCC(=O)N2c3ccccc3NC(=O)CC2C)cc1. The van der Waals surface area contributed by atoms with Crippen molar-refractivity contribution in [3.8, 4) is 5.69 Å². The van der Waals surface area contributed by atoms with E-state index in [0.29, 0.717) is 11.6 Å². The minimum Gasteiger partial charge on any atom is -0.324 e. The molecule has 0 aliphatic carbocycles. The number of rotatable bonds is 5. The van der Waals surface area contributed by atoms with Gasteiger partial charge in [-0.3, -0.25) is 14.2 Å². The Hall–Kier alpha value is -3.06. The highest BCUT2D eigenvalue weighted by molar-refractivity contribution is 7.99. The van der Waals surface area contributed by atoms with Crippen molar-refractivity contribution >= 4 is 35.0 Å². The van der Waals surface area contributed by atoms with Gasteiger partial charge in [0.2, 0.25) is 11.8 Å². The van der Waals surface area contributed by atoms with E-state index in [4.69, 9.17) is 0 Å². The summed E-state index contributed by atoms with van der Waals surface area (Å²) in [4.78, 5) is 31.6. The number of aromatic nitrogens is 2. The molecule has 1 aliphatic rings. The fraction of sp³-hybridized carbons (Fsp3) is 0.292. The summed E-state index contributed by atoms with van der Waals surface area (Å²) in [5, 5.41) is 3.65. The molecule has 3 aromatic rings. The van der Waals surface area contributed by atoms with E-state index in [1.165, 1.54) is 17.3 Å². The Morgan fingerprint density at radius 1 is 1.19 bits per heavy atom. The van der Waals surface area contributed by atoms with E-state index in [0.717, 1.165) is 16.5 Å². The number of hydrogen-bond donors (Lipinski definition) is 1. The Labute approximate surface area is 186 Å². The summed E-state index contributed by atoms with van der Waals surface area (Å²) in [7, 11) is 0. The number of para-hydroxylation sites is 2. The normalized spacial score (nSPS) is 16.1. The van der Waals surface area contributed by atoms with Gasteiger partial charge in [-0.1, -0.05) is 49.9 Å². The molecule has 1 aromatic heterocycles. The van der Waals surface area contributed by atoms with Gasteiger partial charge in [0.15, 0.2) is 5.16 Å². The number of fused-ring (bicyclic) bond motifs is 1. The zero-order valence-corrected chi connectivity index (χ0v) is 18.7. The molecule has 2 heterocycles. The predicted octanol–water partition coefficient (Wildman–Crippen LogP) is 4.85. The van der Waals surface area contributed by atoms with Crippen LogP contribution >= 0.6 is 11.8 Å². The van der Waals surface area contributed by atoms with Gasteiger partial charge in [-0.25, -0.2) is 4.98 Å². The van der Waals surface area contributed by atoms with Crippen LogP contribution in [0.2, 0.25) is 0 Å². The molecule has 0 saturated carbocycles. The lowest BCUT2D eigenvalue weighted by Gasteiger charge is -2.27. The maximum atomic E-state index is 13.2. The Kier molecular flexibility index (Phi) is 6.13. The van der Waals surface area contributed by atoms with Crippen molar-refractivity contribution in [3.63, 3.8) is 0 Å². The number of carbonyl (C=O) groups is 2. The Bertz CT molecular complexity index is 1090. The summed E-state index contributed by atoms with van der Waals surface area (Å²) in [5.74, 6) is 0.575. The van der Waals surface area contributed by atoms with Crippen LogP contribution in [-0.4, -0.2) is 33.2 Å². The average Bonchev–Trinajstić information content (AvgIpc) is 3.17. The van der Waals surface area contributed by atoms with Crippen molar-refractivity contribution in [2.45, 2.75) is 44.3 Å². The van der Waals surface area contributed by atoms with E-state index in [-0.39, 0.29) is 30.0 Å². The van der Waals surface area contributed by atoms with Gasteiger partial charge >= 0.3 is 0 Å². The van der Waals surface area contributed by atoms with E-state index >= 15 is 0 Å². The van der Waals surface area contributed by atoms with E-state index in [2.05, 4.69) is 48.4 Å². The van der Waals surface area contributed by atoms with Crippen molar-refractivity contribution in [3.05, 3.63) is 66.5 Å². The number of nitrogens with one attached hydrogen (secondary N) is 1. The van der Waals surface area contributed by atoms with E-state index < -0.39 is 0 Å². The van der Waals surface area contributed by atoms with E-state index in [9.17, 15) is 9.59 Å². The second kappa shape index (κ2) is 8.98. The molecule has 6 nitrogen and oxygen atoms in total. The van der Waals surface area contributed by atoms with Crippen molar-refractivity contribution < 1.29 is 9.59 Å². The quantitative estimate of drug-likeness (QED) is 0.583. The molecule has 1 unspecified atom stereocenters. The molecule has 1 N–H and O–H groups in total. The molecule has 0 bridgehead atoms. The molecule has 0 radical (unpaired) electrons. The lowest BCUT2D eigenvalue weighted by atomic mass is 10.0. The second-order valence-corrected chi connectivity index (χ2v) is 8.94. The van der Waals surface area contributed by atoms with Gasteiger partial charge in [-0.2, -0.15) is 0 Å². The zero-order chi connectivity index (χ0) is 22.0. The Balaban J connectivity index is 1.52. The molecular formula is C24H26N4O2S. The third-order valence-electron chi connectivity index (χ3n) is 5.40. The minimum absolute atomic E-state index is 0.0499. The standard InChI is InChI=1S/C24H26N4O2S/c1-16(2)18-8-10-19(11-9-18)27-13-12-25-24(27)31-15-23(30)28-17(3)14-22(29)26-20-6-4-5-7-21(20)28/h4-13,16-17H,14-15H2,1-3H3,(H,26,29). The number of thioether (sulfide) groups is 1. The summed E-state index contributed by atoms with van der Waals surface area (Å²) >= 11 is 1.40. The van der Waals surface area contributed by atoms with Crippen LogP contribution in [0.25, 0.3) is 5.69 Å². The largest absolute Gasteiger partial charge is 0.324 e. The maximum absolute atomic E-state index is 13.2. The Morgan fingerprint density at radius 2 is 1.94 bits per heavy atom. The van der Waals surface area contributed by atoms with Crippen LogP contribution in [0, 0.1) is 0 Å². The number of hydrogen-bond acceptors (Lipinski definition) is 4. The van der Waals surface area contributed by atoms with Crippen molar-refractivity contribution in [2.24, 2.45) is 0 Å². The highest BCUT2D eigenvalue weighted by Gasteiger charge is 2.29. The zero-order valence-electron chi connectivity index (χ0n) is 17.9. The van der Waals surface area contributed by atoms with E-state index in [1.807, 2.05) is 42.0 Å². The average molecular weight is 435 g/mol. The van der Waals surface area contributed by atoms with Crippen LogP contribution in [0.5, 0.6) is 0 Å². The van der Waals surface area contributed by atoms with Gasteiger partial charge in [0.25, 0.3) is 0 Å². The first kappa shape index (κ1) is 21.2. The lowest BCUT2D eigenvalue weighted by Crippen LogP contribution is -2.40. The van der Waals surface area contributed by atoms with Crippen molar-refractivity contribution in [1.82, 2.24) is 9.55 Å². The van der Waals surface area contributed by atoms with Crippen LogP contribution in [0.1, 0.15) is 38.7 Å². The van der Waals surface area contributed by atoms with Crippen LogP contribution in [-0.2, 0) is 9.59 Å². The second-order valence-electron chi connectivity index (χ2n) is 8.00. The summed E-state index contributed by atoms with van der Waals surface area (Å²) in [6.07, 6.45) is 3.92. The van der Waals surface area contributed by atoms with Gasteiger partial charge in [0.05, 0.1) is 17.1 Å². The Morgan fingerprint density at radius 3 is 2.68 bits per heavy atom. The molecule has 0 spiro atoms. The number of amides is 2. The fourth-order valence-corrected chi connectivity index (χ4v) is 4.61. The highest BCUT2D eigenvalue weighted by atomic mass is 32.2. The molecule has 7 heteroatoms. The number of anilines is 2. The summed E-state index contributed by atoms with van der Waals surface area (Å²) in [6, 6.07) is 15.6. The molecule has 1 aliphatic heterocycles. The first-order chi connectivity index (χ1) is 14.9. The first-order valence-corrected chi connectivity index (χ1v) is 11.4. The fourth-order valence-electron chi connectivity index (χ4n) is 3.78. The van der Waals surface area contributed by atoms with Crippen LogP contribution in [0.15, 0.2) is 66.1 Å². The van der Waals surface area contributed by atoms with Crippen LogP contribution in [0.3, 0.4) is 0 Å². The van der Waals surface area contributed by atoms with Crippen molar-refractivity contribution in [2.75, 3.05) is 16.0 Å². The third kappa shape index (κ3) is 4.51. The number of benzene rings is 2. The molecule has 2 aromatic carbocycles. The minimum atomic E-state index is -0.222. The topological polar surface area (TPSA) is 67.2 Å². The molecule has 2 amide bonds. The van der Waals surface area contributed by atoms with Crippen LogP contribution in [0.4, 0.5) is 11.4 Å². The van der Waals surface area contributed by atoms with Crippen molar-refractivity contribution in [1.29, 1.82) is 0 Å². The molecule has 4 rings (SSSR count). The third-order valence-corrected chi connectivity index (χ3v) is 6.35. The molecule has 0 saturated heterocycles. The van der Waals surface area contributed by atoms with Crippen LogP contribution < -0.4 is 10.2 Å². The number of imidazole rings is 1. The smallest absolute Gasteiger partial charge is 0.237 e. The summed E-state index contributed by atoms with van der Waals surface area (Å²) < 4.78 is 1.99.